The van der Waals surface area contributed by atoms with Crippen LogP contribution in [0.5, 0.6) is 17.2 Å². The number of carbonyl (C=O) groups is 1. The molecule has 0 radical (unpaired) electrons. The van der Waals surface area contributed by atoms with Crippen molar-refractivity contribution in [3.05, 3.63) is 47.8 Å². The SMILES string of the molecule is COc1cc(OC)cc(C(=O)Nc2ccc(OC(F)F)c(F)c2)c1. The van der Waals surface area contributed by atoms with Crippen molar-refractivity contribution in [3.8, 4) is 17.2 Å². The third-order valence-corrected chi connectivity index (χ3v) is 3.02. The lowest BCUT2D eigenvalue weighted by Crippen LogP contribution is -2.12. The van der Waals surface area contributed by atoms with Crippen LogP contribution in [-0.4, -0.2) is 26.7 Å². The molecular weight excluding hydrogens is 327 g/mol. The Balaban J connectivity index is 2.19. The van der Waals surface area contributed by atoms with Gasteiger partial charge in [-0.2, -0.15) is 8.78 Å². The Labute approximate surface area is 135 Å². The number of nitrogens with one attached hydrogen (secondary N) is 1. The Hall–Kier alpha value is -2.90. The van der Waals surface area contributed by atoms with Gasteiger partial charge in [-0.05, 0) is 24.3 Å². The highest BCUT2D eigenvalue weighted by Gasteiger charge is 2.13. The van der Waals surface area contributed by atoms with Crippen LogP contribution in [0, 0.1) is 5.82 Å². The molecule has 0 aliphatic heterocycles. The Kier molecular flexibility index (Phi) is 5.51. The summed E-state index contributed by atoms with van der Waals surface area (Å²) in [5, 5.41) is 2.45. The summed E-state index contributed by atoms with van der Waals surface area (Å²) >= 11 is 0. The molecule has 0 aromatic heterocycles. The minimum atomic E-state index is -3.14. The molecule has 0 saturated carbocycles. The Morgan fingerprint density at radius 3 is 2.17 bits per heavy atom. The first kappa shape index (κ1) is 17.5. The van der Waals surface area contributed by atoms with Crippen molar-refractivity contribution < 1.29 is 32.2 Å². The summed E-state index contributed by atoms with van der Waals surface area (Å²) in [5.41, 5.74) is 0.306. The molecule has 2 aromatic carbocycles. The summed E-state index contributed by atoms with van der Waals surface area (Å²) in [6.45, 7) is -3.14. The molecule has 0 aliphatic carbocycles. The predicted octanol–water partition coefficient (Wildman–Crippen LogP) is 3.70. The van der Waals surface area contributed by atoms with Crippen LogP contribution in [0.1, 0.15) is 10.4 Å². The van der Waals surface area contributed by atoms with Crippen molar-refractivity contribution in [2.24, 2.45) is 0 Å². The molecule has 2 aromatic rings. The molecule has 8 heteroatoms. The summed E-state index contributed by atoms with van der Waals surface area (Å²) in [6.07, 6.45) is 0. The largest absolute Gasteiger partial charge is 0.497 e. The minimum absolute atomic E-state index is 0.0842. The van der Waals surface area contributed by atoms with Gasteiger partial charge in [-0.15, -0.1) is 0 Å². The van der Waals surface area contributed by atoms with Crippen LogP contribution in [-0.2, 0) is 0 Å². The average molecular weight is 341 g/mol. The molecule has 0 aliphatic rings. The summed E-state index contributed by atoms with van der Waals surface area (Å²) in [5.74, 6) is -1.35. The van der Waals surface area contributed by atoms with E-state index in [0.29, 0.717) is 11.5 Å². The second kappa shape index (κ2) is 7.58. The Morgan fingerprint density at radius 1 is 1.04 bits per heavy atom. The Bertz CT molecular complexity index is 715. The summed E-state index contributed by atoms with van der Waals surface area (Å²) in [6, 6.07) is 7.67. The van der Waals surface area contributed by atoms with Gasteiger partial charge in [-0.1, -0.05) is 0 Å². The van der Waals surface area contributed by atoms with Gasteiger partial charge in [-0.25, -0.2) is 4.39 Å². The third kappa shape index (κ3) is 4.31. The number of halogens is 3. The van der Waals surface area contributed by atoms with E-state index in [-0.39, 0.29) is 11.3 Å². The molecule has 0 saturated heterocycles. The van der Waals surface area contributed by atoms with E-state index in [9.17, 15) is 18.0 Å². The van der Waals surface area contributed by atoms with Crippen molar-refractivity contribution in [3.63, 3.8) is 0 Å². The van der Waals surface area contributed by atoms with Crippen LogP contribution in [0.2, 0.25) is 0 Å². The highest BCUT2D eigenvalue weighted by Crippen LogP contribution is 2.25. The molecule has 1 N–H and O–H groups in total. The zero-order valence-corrected chi connectivity index (χ0v) is 12.8. The van der Waals surface area contributed by atoms with E-state index in [1.807, 2.05) is 0 Å². The summed E-state index contributed by atoms with van der Waals surface area (Å²) in [4.78, 5) is 12.2. The van der Waals surface area contributed by atoms with E-state index >= 15 is 0 Å². The van der Waals surface area contributed by atoms with Gasteiger partial charge in [-0.3, -0.25) is 4.79 Å². The van der Waals surface area contributed by atoms with E-state index in [0.717, 1.165) is 12.1 Å². The quantitative estimate of drug-likeness (QED) is 0.870. The van der Waals surface area contributed by atoms with Crippen LogP contribution < -0.4 is 19.5 Å². The maximum Gasteiger partial charge on any atom is 0.387 e. The molecule has 5 nitrogen and oxygen atoms in total. The standard InChI is InChI=1S/C16H14F3NO4/c1-22-11-5-9(6-12(8-11)23-2)15(21)20-10-3-4-14(13(17)7-10)24-16(18)19/h3-8,16H,1-2H3,(H,20,21). The lowest BCUT2D eigenvalue weighted by Gasteiger charge is -2.10. The van der Waals surface area contributed by atoms with Gasteiger partial charge in [0.05, 0.1) is 14.2 Å². The summed E-state index contributed by atoms with van der Waals surface area (Å²) < 4.78 is 52.0. The first-order valence-electron chi connectivity index (χ1n) is 6.71. The second-order valence-electron chi connectivity index (χ2n) is 4.58. The number of methoxy groups -OCH3 is 2. The monoisotopic (exact) mass is 341 g/mol. The van der Waals surface area contributed by atoms with Crippen molar-refractivity contribution in [1.82, 2.24) is 0 Å². The lowest BCUT2D eigenvalue weighted by atomic mass is 10.1. The van der Waals surface area contributed by atoms with Gasteiger partial charge < -0.3 is 19.5 Å². The molecule has 0 atom stereocenters. The van der Waals surface area contributed by atoms with Gasteiger partial charge in [0.15, 0.2) is 11.6 Å². The normalized spacial score (nSPS) is 10.4. The molecular formula is C16H14F3NO4. The number of rotatable bonds is 6. The minimum Gasteiger partial charge on any atom is -0.497 e. The number of amides is 1. The predicted molar refractivity (Wildman–Crippen MR) is 80.5 cm³/mol. The fraction of sp³-hybridized carbons (Fsp3) is 0.188. The zero-order valence-electron chi connectivity index (χ0n) is 12.8. The second-order valence-corrected chi connectivity index (χ2v) is 4.58. The van der Waals surface area contributed by atoms with Crippen molar-refractivity contribution in [2.75, 3.05) is 19.5 Å². The highest BCUT2D eigenvalue weighted by atomic mass is 19.3. The number of benzene rings is 2. The molecule has 0 bridgehead atoms. The number of hydrogen-bond donors (Lipinski definition) is 1. The molecule has 1 amide bonds. The fourth-order valence-corrected chi connectivity index (χ4v) is 1.91. The topological polar surface area (TPSA) is 56.8 Å². The fourth-order valence-electron chi connectivity index (χ4n) is 1.91. The molecule has 2 rings (SSSR count). The first-order valence-corrected chi connectivity index (χ1v) is 6.71. The molecule has 0 spiro atoms. The van der Waals surface area contributed by atoms with Crippen molar-refractivity contribution in [2.45, 2.75) is 6.61 Å². The smallest absolute Gasteiger partial charge is 0.387 e. The maximum atomic E-state index is 13.7. The highest BCUT2D eigenvalue weighted by molar-refractivity contribution is 6.04. The first-order chi connectivity index (χ1) is 11.4. The Morgan fingerprint density at radius 2 is 1.67 bits per heavy atom. The third-order valence-electron chi connectivity index (χ3n) is 3.02. The summed E-state index contributed by atoms with van der Waals surface area (Å²) in [7, 11) is 2.88. The van der Waals surface area contributed by atoms with E-state index < -0.39 is 24.1 Å². The van der Waals surface area contributed by atoms with Gasteiger partial charge in [0, 0.05) is 23.4 Å². The molecule has 0 fully saturated rings. The van der Waals surface area contributed by atoms with Crippen molar-refractivity contribution in [1.29, 1.82) is 0 Å². The van der Waals surface area contributed by atoms with Gasteiger partial charge >= 0.3 is 6.61 Å². The molecule has 0 heterocycles. The van der Waals surface area contributed by atoms with Crippen LogP contribution in [0.15, 0.2) is 36.4 Å². The van der Waals surface area contributed by atoms with Crippen LogP contribution in [0.4, 0.5) is 18.9 Å². The molecule has 24 heavy (non-hydrogen) atoms. The molecule has 128 valence electrons. The number of carbonyl (C=O) groups excluding carboxylic acids is 1. The zero-order chi connectivity index (χ0) is 17.7. The van der Waals surface area contributed by atoms with Gasteiger partial charge in [0.25, 0.3) is 5.91 Å². The van der Waals surface area contributed by atoms with Crippen LogP contribution in [0.3, 0.4) is 0 Å². The van der Waals surface area contributed by atoms with Gasteiger partial charge in [0.2, 0.25) is 0 Å². The number of ether oxygens (including phenoxy) is 3. The van der Waals surface area contributed by atoms with E-state index in [1.54, 1.807) is 6.07 Å². The lowest BCUT2D eigenvalue weighted by molar-refractivity contribution is -0.0521. The molecule has 0 unspecified atom stereocenters. The van der Waals surface area contributed by atoms with Crippen LogP contribution in [0.25, 0.3) is 0 Å². The van der Waals surface area contributed by atoms with Gasteiger partial charge in [0.1, 0.15) is 11.5 Å². The van der Waals surface area contributed by atoms with E-state index in [4.69, 9.17) is 9.47 Å². The van der Waals surface area contributed by atoms with Crippen molar-refractivity contribution >= 4 is 11.6 Å². The van der Waals surface area contributed by atoms with E-state index in [2.05, 4.69) is 10.1 Å². The number of alkyl halides is 2. The van der Waals surface area contributed by atoms with E-state index in [1.165, 1.54) is 32.4 Å². The number of anilines is 1. The number of hydrogen-bond acceptors (Lipinski definition) is 4. The maximum absolute atomic E-state index is 13.7. The average Bonchev–Trinajstić information content (AvgIpc) is 2.56. The van der Waals surface area contributed by atoms with Crippen LogP contribution >= 0.6 is 0 Å².